The first-order valence-corrected chi connectivity index (χ1v) is 7.38. The van der Waals surface area contributed by atoms with Crippen LogP contribution in [0.25, 0.3) is 11.0 Å². The number of nitrogens with one attached hydrogen (secondary N) is 1. The van der Waals surface area contributed by atoms with Gasteiger partial charge in [-0.05, 0) is 39.7 Å². The van der Waals surface area contributed by atoms with Crippen molar-refractivity contribution in [3.05, 3.63) is 18.5 Å². The van der Waals surface area contributed by atoms with Crippen molar-refractivity contribution < 1.29 is 4.74 Å². The van der Waals surface area contributed by atoms with Crippen LogP contribution in [-0.4, -0.2) is 33.5 Å². The van der Waals surface area contributed by atoms with Crippen molar-refractivity contribution in [2.45, 2.75) is 51.8 Å². The average Bonchev–Trinajstić information content (AvgIpc) is 2.79. The molecule has 0 aliphatic heterocycles. The van der Waals surface area contributed by atoms with Crippen LogP contribution in [0.3, 0.4) is 0 Å². The van der Waals surface area contributed by atoms with Crippen LogP contribution in [0.5, 0.6) is 0 Å². The number of anilines is 1. The molecule has 108 valence electrons. The molecule has 1 aliphatic rings. The number of hydrogen-bond acceptors (Lipinski definition) is 4. The van der Waals surface area contributed by atoms with Gasteiger partial charge in [0.15, 0.2) is 5.65 Å². The molecule has 2 heterocycles. The molecule has 0 aromatic carbocycles. The van der Waals surface area contributed by atoms with Gasteiger partial charge in [-0.2, -0.15) is 5.10 Å². The average molecular weight is 274 g/mol. The van der Waals surface area contributed by atoms with Crippen LogP contribution in [-0.2, 0) is 4.74 Å². The predicted octanol–water partition coefficient (Wildman–Crippen LogP) is 2.99. The van der Waals surface area contributed by atoms with Gasteiger partial charge in [0, 0.05) is 24.1 Å². The minimum atomic E-state index is 0.331. The number of ether oxygens (including phenoxy) is 1. The summed E-state index contributed by atoms with van der Waals surface area (Å²) in [5.74, 6) is 0. The van der Waals surface area contributed by atoms with Crippen LogP contribution in [0, 0.1) is 0 Å². The summed E-state index contributed by atoms with van der Waals surface area (Å²) in [6, 6.07) is 2.96. The van der Waals surface area contributed by atoms with E-state index in [1.165, 1.54) is 0 Å². The second kappa shape index (κ2) is 5.40. The lowest BCUT2D eigenvalue weighted by molar-refractivity contribution is 0.00299. The minimum Gasteiger partial charge on any atom is -0.381 e. The Morgan fingerprint density at radius 3 is 2.90 bits per heavy atom. The molecule has 0 spiro atoms. The largest absolute Gasteiger partial charge is 0.381 e. The molecule has 2 aromatic heterocycles. The maximum atomic E-state index is 5.58. The van der Waals surface area contributed by atoms with E-state index in [-0.39, 0.29) is 0 Å². The predicted molar refractivity (Wildman–Crippen MR) is 80.0 cm³/mol. The van der Waals surface area contributed by atoms with Gasteiger partial charge in [-0.25, -0.2) is 9.67 Å². The maximum absolute atomic E-state index is 5.58. The van der Waals surface area contributed by atoms with E-state index < -0.39 is 0 Å². The first-order chi connectivity index (χ1) is 9.67. The Kier molecular flexibility index (Phi) is 3.61. The summed E-state index contributed by atoms with van der Waals surface area (Å²) < 4.78 is 7.53. The smallest absolute Gasteiger partial charge is 0.158 e. The Balaban J connectivity index is 1.68. The monoisotopic (exact) mass is 274 g/mol. The Morgan fingerprint density at radius 2 is 2.20 bits per heavy atom. The SMILES string of the molecule is CCOC1CC(Nc2cnc3c(cnn3C(C)C)c2)C1. The standard InChI is InChI=1S/C15H22N4O/c1-4-20-14-6-12(7-14)18-13-5-11-8-17-19(10(2)3)15(11)16-9-13/h5,8-10,12,14,18H,4,6-7H2,1-3H3. The van der Waals surface area contributed by atoms with E-state index in [4.69, 9.17) is 4.74 Å². The Morgan fingerprint density at radius 1 is 1.40 bits per heavy atom. The summed E-state index contributed by atoms with van der Waals surface area (Å²) in [5, 5.41) is 9.00. The number of rotatable bonds is 5. The van der Waals surface area contributed by atoms with Gasteiger partial charge in [0.1, 0.15) is 0 Å². The van der Waals surface area contributed by atoms with Gasteiger partial charge in [-0.1, -0.05) is 0 Å². The van der Waals surface area contributed by atoms with Gasteiger partial charge in [-0.15, -0.1) is 0 Å². The van der Waals surface area contributed by atoms with Crippen LogP contribution in [0.2, 0.25) is 0 Å². The molecular weight excluding hydrogens is 252 g/mol. The summed E-state index contributed by atoms with van der Waals surface area (Å²) in [4.78, 5) is 4.54. The normalized spacial score (nSPS) is 22.2. The summed E-state index contributed by atoms with van der Waals surface area (Å²) >= 11 is 0. The first-order valence-electron chi connectivity index (χ1n) is 7.38. The fraction of sp³-hybridized carbons (Fsp3) is 0.600. The van der Waals surface area contributed by atoms with E-state index in [0.29, 0.717) is 18.2 Å². The van der Waals surface area contributed by atoms with Crippen molar-refractivity contribution in [2.75, 3.05) is 11.9 Å². The van der Waals surface area contributed by atoms with E-state index in [9.17, 15) is 0 Å². The van der Waals surface area contributed by atoms with E-state index in [1.807, 2.05) is 24.0 Å². The third-order valence-electron chi connectivity index (χ3n) is 3.79. The number of pyridine rings is 1. The van der Waals surface area contributed by atoms with Crippen LogP contribution in [0.15, 0.2) is 18.5 Å². The highest BCUT2D eigenvalue weighted by Gasteiger charge is 2.29. The molecule has 1 fully saturated rings. The fourth-order valence-electron chi connectivity index (χ4n) is 2.69. The summed E-state index contributed by atoms with van der Waals surface area (Å²) in [5.41, 5.74) is 2.02. The molecule has 0 radical (unpaired) electrons. The second-order valence-corrected chi connectivity index (χ2v) is 5.71. The molecule has 0 unspecified atom stereocenters. The molecule has 2 aromatic rings. The number of nitrogens with zero attached hydrogens (tertiary/aromatic N) is 3. The zero-order valence-corrected chi connectivity index (χ0v) is 12.3. The van der Waals surface area contributed by atoms with Gasteiger partial charge in [0.05, 0.1) is 24.2 Å². The third-order valence-corrected chi connectivity index (χ3v) is 3.79. The summed E-state index contributed by atoms with van der Waals surface area (Å²) in [7, 11) is 0. The molecular formula is C15H22N4O. The van der Waals surface area contributed by atoms with Crippen LogP contribution in [0.1, 0.15) is 39.7 Å². The number of aromatic nitrogens is 3. The molecule has 1 N–H and O–H groups in total. The highest BCUT2D eigenvalue weighted by molar-refractivity contribution is 5.78. The van der Waals surface area contributed by atoms with Crippen molar-refractivity contribution in [3.8, 4) is 0 Å². The van der Waals surface area contributed by atoms with Crippen LogP contribution >= 0.6 is 0 Å². The molecule has 1 saturated carbocycles. The Bertz CT molecular complexity index is 587. The zero-order chi connectivity index (χ0) is 14.1. The molecule has 0 bridgehead atoms. The molecule has 1 aliphatic carbocycles. The molecule has 5 nitrogen and oxygen atoms in total. The lowest BCUT2D eigenvalue weighted by Crippen LogP contribution is -2.40. The van der Waals surface area contributed by atoms with E-state index in [2.05, 4.69) is 35.3 Å². The van der Waals surface area contributed by atoms with E-state index >= 15 is 0 Å². The molecule has 20 heavy (non-hydrogen) atoms. The van der Waals surface area contributed by atoms with Crippen molar-refractivity contribution in [1.82, 2.24) is 14.8 Å². The first kappa shape index (κ1) is 13.4. The van der Waals surface area contributed by atoms with Gasteiger partial charge < -0.3 is 10.1 Å². The van der Waals surface area contributed by atoms with Crippen molar-refractivity contribution >= 4 is 16.7 Å². The highest BCUT2D eigenvalue weighted by atomic mass is 16.5. The van der Waals surface area contributed by atoms with Crippen molar-refractivity contribution in [2.24, 2.45) is 0 Å². The fourth-order valence-corrected chi connectivity index (χ4v) is 2.69. The quantitative estimate of drug-likeness (QED) is 0.910. The van der Waals surface area contributed by atoms with E-state index in [1.54, 1.807) is 0 Å². The van der Waals surface area contributed by atoms with Crippen LogP contribution < -0.4 is 5.32 Å². The Labute approximate surface area is 119 Å². The molecule has 5 heteroatoms. The minimum absolute atomic E-state index is 0.331. The van der Waals surface area contributed by atoms with Crippen LogP contribution in [0.4, 0.5) is 5.69 Å². The van der Waals surface area contributed by atoms with E-state index in [0.717, 1.165) is 36.2 Å². The molecule has 0 atom stereocenters. The van der Waals surface area contributed by atoms with Gasteiger partial charge in [0.25, 0.3) is 0 Å². The lowest BCUT2D eigenvalue weighted by atomic mass is 9.89. The number of fused-ring (bicyclic) bond motifs is 1. The molecule has 0 saturated heterocycles. The maximum Gasteiger partial charge on any atom is 0.158 e. The summed E-state index contributed by atoms with van der Waals surface area (Å²) in [6.45, 7) is 7.08. The lowest BCUT2D eigenvalue weighted by Gasteiger charge is -2.35. The highest BCUT2D eigenvalue weighted by Crippen LogP contribution is 2.27. The van der Waals surface area contributed by atoms with Crippen molar-refractivity contribution in [3.63, 3.8) is 0 Å². The van der Waals surface area contributed by atoms with Gasteiger partial charge >= 0.3 is 0 Å². The molecule has 0 amide bonds. The van der Waals surface area contributed by atoms with Gasteiger partial charge in [-0.3, -0.25) is 0 Å². The third kappa shape index (κ3) is 2.50. The van der Waals surface area contributed by atoms with Crippen molar-refractivity contribution in [1.29, 1.82) is 0 Å². The number of hydrogen-bond donors (Lipinski definition) is 1. The second-order valence-electron chi connectivity index (χ2n) is 5.71. The molecule has 3 rings (SSSR count). The van der Waals surface area contributed by atoms with Gasteiger partial charge in [0.2, 0.25) is 0 Å². The Hall–Kier alpha value is -1.62. The zero-order valence-electron chi connectivity index (χ0n) is 12.3. The summed E-state index contributed by atoms with van der Waals surface area (Å²) in [6.07, 6.45) is 6.38. The topological polar surface area (TPSA) is 52.0 Å².